The number of sulfonamides is 1. The van der Waals surface area contributed by atoms with Crippen LogP contribution in [0.15, 0.2) is 41.7 Å². The Morgan fingerprint density at radius 3 is 2.48 bits per heavy atom. The van der Waals surface area contributed by atoms with Gasteiger partial charge in [0.2, 0.25) is 16.0 Å². The van der Waals surface area contributed by atoms with Gasteiger partial charge in [0.05, 0.1) is 5.75 Å². The summed E-state index contributed by atoms with van der Waals surface area (Å²) in [5.41, 5.74) is 12.7. The Kier molecular flexibility index (Phi) is 6.62. The number of primary sulfonamides is 1. The summed E-state index contributed by atoms with van der Waals surface area (Å²) in [4.78, 5) is 23.1. The van der Waals surface area contributed by atoms with Gasteiger partial charge in [-0.15, -0.1) is 0 Å². The number of nitrogens with two attached hydrogens (primary N) is 3. The number of anilines is 1. The lowest BCUT2D eigenvalue weighted by atomic mass is 10.1. The molecule has 27 heavy (non-hydrogen) atoms. The summed E-state index contributed by atoms with van der Waals surface area (Å²) in [5, 5.41) is 10.3. The van der Waals surface area contributed by atoms with Crippen LogP contribution in [0.5, 0.6) is 0 Å². The SMILES string of the molecule is NC(N)=NC(=O)NCc1cccc(-c2cnc(NCCS(N)(=O)=O)nc2)c1. The fourth-order valence-electron chi connectivity index (χ4n) is 2.07. The Balaban J connectivity index is 1.99. The van der Waals surface area contributed by atoms with Crippen LogP contribution in [-0.4, -0.2) is 42.7 Å². The number of guanidine groups is 1. The van der Waals surface area contributed by atoms with Crippen molar-refractivity contribution in [3.05, 3.63) is 42.2 Å². The van der Waals surface area contributed by atoms with Gasteiger partial charge in [0.1, 0.15) is 0 Å². The molecule has 0 bridgehead atoms. The number of aliphatic imine (C=N–C) groups is 1. The van der Waals surface area contributed by atoms with Crippen molar-refractivity contribution in [1.82, 2.24) is 15.3 Å². The molecule has 0 fully saturated rings. The summed E-state index contributed by atoms with van der Waals surface area (Å²) in [6.45, 7) is 0.362. The number of amides is 2. The molecule has 1 aromatic carbocycles. The Morgan fingerprint density at radius 1 is 1.15 bits per heavy atom. The summed E-state index contributed by atoms with van der Waals surface area (Å²) in [6, 6.07) is 6.77. The van der Waals surface area contributed by atoms with Gasteiger partial charge < -0.3 is 22.1 Å². The zero-order chi connectivity index (χ0) is 19.9. The van der Waals surface area contributed by atoms with Gasteiger partial charge in [-0.25, -0.2) is 28.3 Å². The normalized spacial score (nSPS) is 10.9. The van der Waals surface area contributed by atoms with Crippen molar-refractivity contribution in [2.45, 2.75) is 6.54 Å². The van der Waals surface area contributed by atoms with Crippen LogP contribution in [0.1, 0.15) is 5.56 Å². The number of rotatable bonds is 7. The predicted octanol–water partition coefficient (Wildman–Crippen LogP) is -0.673. The quantitative estimate of drug-likeness (QED) is 0.302. The topological polar surface area (TPSA) is 191 Å². The van der Waals surface area contributed by atoms with E-state index in [9.17, 15) is 13.2 Å². The molecule has 1 aromatic heterocycles. The van der Waals surface area contributed by atoms with Crippen LogP contribution in [0.4, 0.5) is 10.7 Å². The zero-order valence-corrected chi connectivity index (χ0v) is 15.1. The molecule has 0 aliphatic carbocycles. The molecule has 2 aromatic rings. The predicted molar refractivity (Wildman–Crippen MR) is 102 cm³/mol. The van der Waals surface area contributed by atoms with E-state index in [4.69, 9.17) is 16.6 Å². The molecule has 1 heterocycles. The van der Waals surface area contributed by atoms with Gasteiger partial charge in [-0.1, -0.05) is 18.2 Å². The Labute approximate surface area is 156 Å². The van der Waals surface area contributed by atoms with E-state index in [2.05, 4.69) is 25.6 Å². The second-order valence-corrected chi connectivity index (χ2v) is 7.22. The van der Waals surface area contributed by atoms with Gasteiger partial charge in [-0.2, -0.15) is 4.99 Å². The summed E-state index contributed by atoms with van der Waals surface area (Å²) in [5.74, 6) is -0.231. The molecule has 0 aliphatic rings. The lowest BCUT2D eigenvalue weighted by Crippen LogP contribution is -2.28. The lowest BCUT2D eigenvalue weighted by molar-refractivity contribution is 0.249. The average molecular weight is 392 g/mol. The summed E-state index contributed by atoms with van der Waals surface area (Å²) in [7, 11) is -3.54. The van der Waals surface area contributed by atoms with Crippen molar-refractivity contribution < 1.29 is 13.2 Å². The van der Waals surface area contributed by atoms with Crippen LogP contribution in [0.2, 0.25) is 0 Å². The van der Waals surface area contributed by atoms with Crippen molar-refractivity contribution in [3.8, 4) is 11.1 Å². The molecule has 0 spiro atoms. The van der Waals surface area contributed by atoms with E-state index in [0.29, 0.717) is 5.95 Å². The van der Waals surface area contributed by atoms with E-state index in [1.807, 2.05) is 24.3 Å². The Bertz CT molecular complexity index is 924. The minimum absolute atomic E-state index is 0.114. The fraction of sp³-hybridized carbons (Fsp3) is 0.200. The van der Waals surface area contributed by atoms with E-state index < -0.39 is 16.1 Å². The maximum atomic E-state index is 11.4. The largest absolute Gasteiger partial charge is 0.370 e. The fourth-order valence-corrected chi connectivity index (χ4v) is 2.46. The minimum Gasteiger partial charge on any atom is -0.370 e. The smallest absolute Gasteiger partial charge is 0.344 e. The molecule has 0 atom stereocenters. The van der Waals surface area contributed by atoms with Crippen molar-refractivity contribution in [2.75, 3.05) is 17.6 Å². The number of carbonyl (C=O) groups excluding carboxylic acids is 1. The highest BCUT2D eigenvalue weighted by Crippen LogP contribution is 2.19. The summed E-state index contributed by atoms with van der Waals surface area (Å²) in [6.07, 6.45) is 3.20. The van der Waals surface area contributed by atoms with Crippen molar-refractivity contribution in [2.24, 2.45) is 21.6 Å². The Hall–Kier alpha value is -3.25. The van der Waals surface area contributed by atoms with E-state index in [0.717, 1.165) is 16.7 Å². The highest BCUT2D eigenvalue weighted by molar-refractivity contribution is 7.89. The first-order valence-corrected chi connectivity index (χ1v) is 9.47. The third kappa shape index (κ3) is 7.25. The number of nitrogens with zero attached hydrogens (tertiary/aromatic N) is 3. The van der Waals surface area contributed by atoms with Crippen molar-refractivity contribution in [3.63, 3.8) is 0 Å². The first-order valence-electron chi connectivity index (χ1n) is 7.76. The van der Waals surface area contributed by atoms with Crippen LogP contribution in [-0.2, 0) is 16.6 Å². The Morgan fingerprint density at radius 2 is 1.85 bits per heavy atom. The summed E-state index contributed by atoms with van der Waals surface area (Å²) >= 11 is 0. The molecule has 0 saturated carbocycles. The van der Waals surface area contributed by atoms with Gasteiger partial charge in [0.25, 0.3) is 0 Å². The monoisotopic (exact) mass is 392 g/mol. The molecule has 11 nitrogen and oxygen atoms in total. The maximum Gasteiger partial charge on any atom is 0.344 e. The zero-order valence-electron chi connectivity index (χ0n) is 14.3. The molecule has 0 aliphatic heterocycles. The molecule has 8 N–H and O–H groups in total. The number of aromatic nitrogens is 2. The molecule has 0 saturated heterocycles. The second-order valence-electron chi connectivity index (χ2n) is 5.48. The van der Waals surface area contributed by atoms with Gasteiger partial charge in [-0.3, -0.25) is 0 Å². The first-order chi connectivity index (χ1) is 12.7. The molecular formula is C15H20N8O3S. The third-order valence-corrected chi connectivity index (χ3v) is 4.03. The molecule has 2 rings (SSSR count). The van der Waals surface area contributed by atoms with E-state index in [1.165, 1.54) is 0 Å². The lowest BCUT2D eigenvalue weighted by Gasteiger charge is -2.07. The van der Waals surface area contributed by atoms with E-state index >= 15 is 0 Å². The summed E-state index contributed by atoms with van der Waals surface area (Å²) < 4.78 is 21.8. The number of carbonyl (C=O) groups is 1. The molecule has 2 amide bonds. The van der Waals surface area contributed by atoms with Crippen molar-refractivity contribution >= 4 is 28.0 Å². The number of hydrogen-bond acceptors (Lipinski definition) is 6. The molecular weight excluding hydrogens is 372 g/mol. The van der Waals surface area contributed by atoms with Crippen LogP contribution in [0.3, 0.4) is 0 Å². The molecule has 0 unspecified atom stereocenters. The van der Waals surface area contributed by atoms with Gasteiger partial charge in [0, 0.05) is 31.0 Å². The second kappa shape index (κ2) is 8.91. The highest BCUT2D eigenvalue weighted by Gasteiger charge is 2.05. The van der Waals surface area contributed by atoms with Gasteiger partial charge in [-0.05, 0) is 17.2 Å². The standard InChI is InChI=1S/C15H20N8O3S/c16-13(17)23-15(24)22-7-10-2-1-3-11(6-10)12-8-20-14(21-9-12)19-4-5-27(18,25)26/h1-3,6,8-9H,4-5,7H2,(H2,18,25,26)(H,19,20,21)(H5,16,17,22,23,24). The number of urea groups is 1. The van der Waals surface area contributed by atoms with Crippen LogP contribution >= 0.6 is 0 Å². The van der Waals surface area contributed by atoms with Crippen LogP contribution < -0.4 is 27.2 Å². The third-order valence-electron chi connectivity index (χ3n) is 3.26. The van der Waals surface area contributed by atoms with Crippen LogP contribution in [0.25, 0.3) is 11.1 Å². The minimum atomic E-state index is -3.54. The van der Waals surface area contributed by atoms with Gasteiger partial charge in [0.15, 0.2) is 5.96 Å². The molecule has 0 radical (unpaired) electrons. The van der Waals surface area contributed by atoms with Crippen LogP contribution in [0, 0.1) is 0 Å². The molecule has 144 valence electrons. The molecule has 12 heteroatoms. The maximum absolute atomic E-state index is 11.4. The van der Waals surface area contributed by atoms with Gasteiger partial charge >= 0.3 is 6.03 Å². The van der Waals surface area contributed by atoms with E-state index in [1.54, 1.807) is 12.4 Å². The average Bonchev–Trinajstić information content (AvgIpc) is 2.59. The highest BCUT2D eigenvalue weighted by atomic mass is 32.2. The first kappa shape index (κ1) is 20.1. The number of benzene rings is 1. The van der Waals surface area contributed by atoms with Crippen molar-refractivity contribution in [1.29, 1.82) is 0 Å². The van der Waals surface area contributed by atoms with E-state index in [-0.39, 0.29) is 24.8 Å². The number of nitrogens with one attached hydrogen (secondary N) is 2. The number of hydrogen-bond donors (Lipinski definition) is 5.